The molecule has 3 aromatic rings. The second kappa shape index (κ2) is 10.1. The van der Waals surface area contributed by atoms with Crippen LogP contribution in [0.1, 0.15) is 35.1 Å². The topological polar surface area (TPSA) is 55.6 Å². The van der Waals surface area contributed by atoms with Gasteiger partial charge in [-0.25, -0.2) is 0 Å². The molecule has 1 amide bonds. The summed E-state index contributed by atoms with van der Waals surface area (Å²) >= 11 is 0. The van der Waals surface area contributed by atoms with Crippen molar-refractivity contribution in [3.63, 3.8) is 0 Å². The minimum atomic E-state index is -0.870. The fourth-order valence-electron chi connectivity index (χ4n) is 5.65. The van der Waals surface area contributed by atoms with E-state index < -0.39 is 5.41 Å². The van der Waals surface area contributed by atoms with E-state index in [1.54, 1.807) is 0 Å². The van der Waals surface area contributed by atoms with Crippen molar-refractivity contribution in [3.05, 3.63) is 101 Å². The standard InChI is InChI=1S/C28H30N2O2.BrH/c29-27(31)28(23-8-3-1-4-9-23,24-10-5-2-6-11-24)26-12-7-17-30(26)18-15-21-13-14-25-22(20-21)16-19-32-25;/h1-6,8-11,13-14,20,26H,7,12,15-19H2,(H2,29,31);1H. The quantitative estimate of drug-likeness (QED) is 0.506. The Balaban J connectivity index is 0.00000259. The summed E-state index contributed by atoms with van der Waals surface area (Å²) in [6.07, 6.45) is 3.95. The first-order valence-corrected chi connectivity index (χ1v) is 11.6. The van der Waals surface area contributed by atoms with E-state index in [0.717, 1.165) is 62.3 Å². The molecule has 33 heavy (non-hydrogen) atoms. The molecule has 2 heterocycles. The van der Waals surface area contributed by atoms with Crippen molar-refractivity contribution < 1.29 is 9.53 Å². The van der Waals surface area contributed by atoms with Crippen LogP contribution in [0.15, 0.2) is 78.9 Å². The molecule has 0 saturated carbocycles. The summed E-state index contributed by atoms with van der Waals surface area (Å²) in [7, 11) is 0. The number of fused-ring (bicyclic) bond motifs is 1. The highest BCUT2D eigenvalue weighted by molar-refractivity contribution is 8.93. The average Bonchev–Trinajstić information content (AvgIpc) is 3.49. The van der Waals surface area contributed by atoms with Crippen LogP contribution in [0.4, 0.5) is 0 Å². The maximum absolute atomic E-state index is 13.3. The Bertz CT molecular complexity index is 1050. The molecule has 1 unspecified atom stereocenters. The molecule has 0 bridgehead atoms. The summed E-state index contributed by atoms with van der Waals surface area (Å²) in [6, 6.07) is 26.8. The lowest BCUT2D eigenvalue weighted by Crippen LogP contribution is -2.56. The number of rotatable bonds is 7. The van der Waals surface area contributed by atoms with Crippen LogP contribution in [0, 0.1) is 0 Å². The highest BCUT2D eigenvalue weighted by Gasteiger charge is 2.51. The van der Waals surface area contributed by atoms with Gasteiger partial charge in [0.25, 0.3) is 0 Å². The normalized spacial score (nSPS) is 17.8. The third-order valence-electron chi connectivity index (χ3n) is 7.15. The molecule has 1 atom stereocenters. The molecule has 2 aliphatic rings. The molecule has 0 aromatic heterocycles. The lowest BCUT2D eigenvalue weighted by Gasteiger charge is -2.42. The second-order valence-corrected chi connectivity index (χ2v) is 8.89. The van der Waals surface area contributed by atoms with Gasteiger partial charge in [-0.1, -0.05) is 72.8 Å². The fraction of sp³-hybridized carbons (Fsp3) is 0.321. The number of ether oxygens (including phenoxy) is 1. The van der Waals surface area contributed by atoms with Gasteiger partial charge in [0.1, 0.15) is 11.2 Å². The van der Waals surface area contributed by atoms with E-state index in [-0.39, 0.29) is 28.9 Å². The number of nitrogens with zero attached hydrogens (tertiary/aromatic N) is 1. The van der Waals surface area contributed by atoms with Gasteiger partial charge < -0.3 is 10.5 Å². The number of halogens is 1. The monoisotopic (exact) mass is 506 g/mol. The van der Waals surface area contributed by atoms with Crippen molar-refractivity contribution in [2.75, 3.05) is 19.7 Å². The third-order valence-corrected chi connectivity index (χ3v) is 7.15. The number of amides is 1. The van der Waals surface area contributed by atoms with E-state index in [1.165, 1.54) is 11.1 Å². The van der Waals surface area contributed by atoms with Crippen LogP contribution in [0.25, 0.3) is 0 Å². The van der Waals surface area contributed by atoms with Crippen molar-refractivity contribution in [2.24, 2.45) is 5.73 Å². The van der Waals surface area contributed by atoms with E-state index in [1.807, 2.05) is 36.4 Å². The van der Waals surface area contributed by atoms with Crippen LogP contribution in [0.2, 0.25) is 0 Å². The number of carbonyl (C=O) groups excluding carboxylic acids is 1. The molecule has 0 aliphatic carbocycles. The van der Waals surface area contributed by atoms with Crippen LogP contribution in [-0.4, -0.2) is 36.5 Å². The van der Waals surface area contributed by atoms with E-state index >= 15 is 0 Å². The third kappa shape index (κ3) is 4.32. The Labute approximate surface area is 206 Å². The van der Waals surface area contributed by atoms with Crippen molar-refractivity contribution in [2.45, 2.75) is 37.1 Å². The molecule has 0 spiro atoms. The van der Waals surface area contributed by atoms with Crippen molar-refractivity contribution in [3.8, 4) is 5.75 Å². The molecule has 3 aromatic carbocycles. The van der Waals surface area contributed by atoms with Gasteiger partial charge >= 0.3 is 0 Å². The number of primary amides is 1. The minimum Gasteiger partial charge on any atom is -0.493 e. The van der Waals surface area contributed by atoms with E-state index in [4.69, 9.17) is 10.5 Å². The number of benzene rings is 3. The van der Waals surface area contributed by atoms with Gasteiger partial charge in [-0.3, -0.25) is 9.69 Å². The molecule has 2 aliphatic heterocycles. The van der Waals surface area contributed by atoms with Crippen LogP contribution < -0.4 is 10.5 Å². The number of hydrogen-bond donors (Lipinski definition) is 1. The van der Waals surface area contributed by atoms with Gasteiger partial charge in [-0.05, 0) is 54.1 Å². The van der Waals surface area contributed by atoms with Crippen molar-refractivity contribution in [1.82, 2.24) is 4.90 Å². The second-order valence-electron chi connectivity index (χ2n) is 8.89. The highest BCUT2D eigenvalue weighted by Crippen LogP contribution is 2.42. The Morgan fingerprint density at radius 2 is 1.67 bits per heavy atom. The molecule has 0 radical (unpaired) electrons. The molecule has 172 valence electrons. The van der Waals surface area contributed by atoms with E-state index in [0.29, 0.717) is 0 Å². The summed E-state index contributed by atoms with van der Waals surface area (Å²) in [4.78, 5) is 15.8. The molecule has 5 heteroatoms. The van der Waals surface area contributed by atoms with Crippen LogP contribution >= 0.6 is 17.0 Å². The largest absolute Gasteiger partial charge is 0.493 e. The first kappa shape index (κ1) is 23.5. The Hall–Kier alpha value is -2.63. The van der Waals surface area contributed by atoms with E-state index in [2.05, 4.69) is 47.4 Å². The Morgan fingerprint density at radius 3 is 2.30 bits per heavy atom. The highest BCUT2D eigenvalue weighted by atomic mass is 79.9. The predicted octanol–water partition coefficient (Wildman–Crippen LogP) is 4.68. The van der Waals surface area contributed by atoms with Crippen LogP contribution in [-0.2, 0) is 23.1 Å². The van der Waals surface area contributed by atoms with Crippen molar-refractivity contribution in [1.29, 1.82) is 0 Å². The fourth-order valence-corrected chi connectivity index (χ4v) is 5.65. The van der Waals surface area contributed by atoms with Gasteiger partial charge in [-0.2, -0.15) is 0 Å². The first-order chi connectivity index (χ1) is 15.7. The summed E-state index contributed by atoms with van der Waals surface area (Å²) in [6.45, 7) is 2.66. The molecule has 1 fully saturated rings. The zero-order valence-corrected chi connectivity index (χ0v) is 20.5. The average molecular weight is 507 g/mol. The summed E-state index contributed by atoms with van der Waals surface area (Å²) in [5, 5.41) is 0. The lowest BCUT2D eigenvalue weighted by atomic mass is 9.67. The van der Waals surface area contributed by atoms with Gasteiger partial charge in [0.2, 0.25) is 5.91 Å². The van der Waals surface area contributed by atoms with Crippen LogP contribution in [0.3, 0.4) is 0 Å². The van der Waals surface area contributed by atoms with Gasteiger partial charge in [0.05, 0.1) is 6.61 Å². The molecule has 2 N–H and O–H groups in total. The molecule has 1 saturated heterocycles. The first-order valence-electron chi connectivity index (χ1n) is 11.6. The maximum atomic E-state index is 13.3. The smallest absolute Gasteiger partial charge is 0.234 e. The molecule has 4 nitrogen and oxygen atoms in total. The number of carbonyl (C=O) groups is 1. The summed E-state index contributed by atoms with van der Waals surface area (Å²) in [5.74, 6) is 0.746. The van der Waals surface area contributed by atoms with Crippen LogP contribution in [0.5, 0.6) is 5.75 Å². The molecule has 5 rings (SSSR count). The van der Waals surface area contributed by atoms with E-state index in [9.17, 15) is 4.79 Å². The molecular formula is C28H31BrN2O2. The lowest BCUT2D eigenvalue weighted by molar-refractivity contribution is -0.124. The van der Waals surface area contributed by atoms with Gasteiger partial charge in [0, 0.05) is 19.0 Å². The molecular weight excluding hydrogens is 476 g/mol. The maximum Gasteiger partial charge on any atom is 0.234 e. The minimum absolute atomic E-state index is 0. The summed E-state index contributed by atoms with van der Waals surface area (Å²) in [5.41, 5.74) is 9.98. The zero-order valence-electron chi connectivity index (χ0n) is 18.8. The SMILES string of the molecule is Br.NC(=O)C(c1ccccc1)(c1ccccc1)C1CCCN1CCc1ccc2c(c1)CCO2. The Kier molecular flexibility index (Phi) is 7.20. The summed E-state index contributed by atoms with van der Waals surface area (Å²) < 4.78 is 5.66. The number of hydrogen-bond acceptors (Lipinski definition) is 3. The van der Waals surface area contributed by atoms with Crippen molar-refractivity contribution >= 4 is 22.9 Å². The number of nitrogens with two attached hydrogens (primary N) is 1. The van der Waals surface area contributed by atoms with Gasteiger partial charge in [0.15, 0.2) is 0 Å². The van der Waals surface area contributed by atoms with Gasteiger partial charge in [-0.15, -0.1) is 17.0 Å². The zero-order chi connectivity index (χ0) is 22.0. The number of likely N-dealkylation sites (tertiary alicyclic amines) is 1. The Morgan fingerprint density at radius 1 is 1.00 bits per heavy atom. The predicted molar refractivity (Wildman–Crippen MR) is 137 cm³/mol.